The number of hydrogen-bond acceptors (Lipinski definition) is 8. The molecule has 1 aliphatic rings. The molecule has 1 aliphatic heterocycles. The summed E-state index contributed by atoms with van der Waals surface area (Å²) in [6.07, 6.45) is -7.15. The molecule has 3 rings (SSSR count). The van der Waals surface area contributed by atoms with Crippen LogP contribution < -0.4 is 16.0 Å². The molecule has 18 heteroatoms. The highest BCUT2D eigenvalue weighted by Gasteiger charge is 2.50. The van der Waals surface area contributed by atoms with E-state index in [9.17, 15) is 40.7 Å². The Hall–Kier alpha value is -3.93. The Kier molecular flexibility index (Phi) is 9.71. The third-order valence-corrected chi connectivity index (χ3v) is 6.33. The number of aromatic nitrogens is 2. The molecule has 2 aromatic rings. The standard InChI is InChI=1S/C24H28F6N6O6/c1-12-9-42-35-18(12)20(38)32-14(10-41-22(2,3)24(28,29)30)19(37)34-17-7-13(5-6-31-17)15(11-40-4)36-8-16(23(25,26)27)33-21(36)39/h5-7,9,14-16H,8,10-11H2,1-4H3,(H,32,38)(H,33,39)(H,31,34,37)/t14-,15+,16-/m0/s1. The molecule has 0 unspecified atom stereocenters. The molecule has 0 saturated carbocycles. The predicted octanol–water partition coefficient (Wildman–Crippen LogP) is 3.12. The minimum atomic E-state index is -4.81. The first-order chi connectivity index (χ1) is 19.4. The van der Waals surface area contributed by atoms with Crippen LogP contribution in [0, 0.1) is 6.92 Å². The lowest BCUT2D eigenvalue weighted by Gasteiger charge is -2.30. The maximum atomic E-state index is 13.3. The van der Waals surface area contributed by atoms with E-state index in [1.54, 1.807) is 0 Å². The first-order valence-corrected chi connectivity index (χ1v) is 12.3. The first kappa shape index (κ1) is 32.6. The fourth-order valence-electron chi connectivity index (χ4n) is 3.76. The summed E-state index contributed by atoms with van der Waals surface area (Å²) in [5.41, 5.74) is -2.38. The van der Waals surface area contributed by atoms with Crippen molar-refractivity contribution in [1.29, 1.82) is 0 Å². The number of nitrogens with one attached hydrogen (secondary N) is 3. The maximum Gasteiger partial charge on any atom is 0.416 e. The van der Waals surface area contributed by atoms with Crippen LogP contribution in [-0.4, -0.2) is 89.8 Å². The molecule has 0 radical (unpaired) electrons. The molecule has 0 aliphatic carbocycles. The van der Waals surface area contributed by atoms with E-state index < -0.39 is 67.1 Å². The van der Waals surface area contributed by atoms with Gasteiger partial charge in [-0.25, -0.2) is 9.78 Å². The zero-order chi connectivity index (χ0) is 31.5. The third kappa shape index (κ3) is 7.67. The summed E-state index contributed by atoms with van der Waals surface area (Å²) in [7, 11) is 1.28. The third-order valence-electron chi connectivity index (χ3n) is 6.33. The number of pyridine rings is 1. The van der Waals surface area contributed by atoms with Gasteiger partial charge in [0.25, 0.3) is 11.8 Å². The van der Waals surface area contributed by atoms with Crippen LogP contribution in [0.25, 0.3) is 0 Å². The predicted molar refractivity (Wildman–Crippen MR) is 131 cm³/mol. The molecule has 42 heavy (non-hydrogen) atoms. The van der Waals surface area contributed by atoms with E-state index in [0.717, 1.165) is 25.0 Å². The quantitative estimate of drug-likeness (QED) is 0.329. The Balaban J connectivity index is 1.83. The number of amides is 4. The van der Waals surface area contributed by atoms with Gasteiger partial charge in [0.15, 0.2) is 11.3 Å². The van der Waals surface area contributed by atoms with E-state index in [4.69, 9.17) is 9.47 Å². The number of carbonyl (C=O) groups is 3. The lowest BCUT2D eigenvalue weighted by Crippen LogP contribution is -2.51. The number of nitrogens with zero attached hydrogens (tertiary/aromatic N) is 3. The lowest BCUT2D eigenvalue weighted by molar-refractivity contribution is -0.264. The largest absolute Gasteiger partial charge is 0.416 e. The highest BCUT2D eigenvalue weighted by atomic mass is 19.4. The highest BCUT2D eigenvalue weighted by Crippen LogP contribution is 2.33. The zero-order valence-corrected chi connectivity index (χ0v) is 22.7. The minimum absolute atomic E-state index is 0.183. The second kappa shape index (κ2) is 12.5. The topological polar surface area (TPSA) is 148 Å². The van der Waals surface area contributed by atoms with E-state index in [1.807, 2.05) is 5.32 Å². The van der Waals surface area contributed by atoms with Crippen LogP contribution in [0.1, 0.15) is 41.5 Å². The summed E-state index contributed by atoms with van der Waals surface area (Å²) >= 11 is 0. The fraction of sp³-hybridized carbons (Fsp3) is 0.542. The fourth-order valence-corrected chi connectivity index (χ4v) is 3.76. The van der Waals surface area contributed by atoms with Gasteiger partial charge in [-0.1, -0.05) is 5.16 Å². The van der Waals surface area contributed by atoms with Gasteiger partial charge in [-0.15, -0.1) is 0 Å². The first-order valence-electron chi connectivity index (χ1n) is 12.3. The minimum Gasteiger partial charge on any atom is -0.382 e. The van der Waals surface area contributed by atoms with Crippen LogP contribution in [-0.2, 0) is 14.3 Å². The molecular weight excluding hydrogens is 582 g/mol. The summed E-state index contributed by atoms with van der Waals surface area (Å²) in [4.78, 5) is 43.0. The van der Waals surface area contributed by atoms with Crippen molar-refractivity contribution >= 4 is 23.7 Å². The van der Waals surface area contributed by atoms with Crippen molar-refractivity contribution in [2.45, 2.75) is 56.9 Å². The Morgan fingerprint density at radius 3 is 2.45 bits per heavy atom. The average molecular weight is 611 g/mol. The Bertz CT molecular complexity index is 1280. The second-order valence-electron chi connectivity index (χ2n) is 9.82. The van der Waals surface area contributed by atoms with Gasteiger partial charge in [-0.3, -0.25) is 9.59 Å². The summed E-state index contributed by atoms with van der Waals surface area (Å²) in [5.74, 6) is -2.15. The molecule has 2 aromatic heterocycles. The van der Waals surface area contributed by atoms with Crippen LogP contribution in [0.3, 0.4) is 0 Å². The number of urea groups is 1. The smallest absolute Gasteiger partial charge is 0.382 e. The Labute approximate surface area is 235 Å². The molecule has 12 nitrogen and oxygen atoms in total. The molecule has 232 valence electrons. The van der Waals surface area contributed by atoms with Gasteiger partial charge >= 0.3 is 18.4 Å². The summed E-state index contributed by atoms with van der Waals surface area (Å²) in [5, 5.41) is 9.96. The highest BCUT2D eigenvalue weighted by molar-refractivity contribution is 6.00. The van der Waals surface area contributed by atoms with Crippen molar-refractivity contribution in [3.63, 3.8) is 0 Å². The van der Waals surface area contributed by atoms with Gasteiger partial charge in [-0.05, 0) is 38.5 Å². The molecule has 1 fully saturated rings. The van der Waals surface area contributed by atoms with E-state index in [0.29, 0.717) is 5.56 Å². The number of methoxy groups -OCH3 is 1. The van der Waals surface area contributed by atoms with Gasteiger partial charge in [0.1, 0.15) is 24.2 Å². The molecule has 0 bridgehead atoms. The molecule has 3 atom stereocenters. The van der Waals surface area contributed by atoms with E-state index in [2.05, 4.69) is 25.3 Å². The van der Waals surface area contributed by atoms with Gasteiger partial charge in [-0.2, -0.15) is 26.3 Å². The van der Waals surface area contributed by atoms with E-state index >= 15 is 0 Å². The molecule has 3 heterocycles. The van der Waals surface area contributed by atoms with E-state index in [1.165, 1.54) is 32.4 Å². The van der Waals surface area contributed by atoms with Crippen molar-refractivity contribution < 1.29 is 54.7 Å². The van der Waals surface area contributed by atoms with Crippen molar-refractivity contribution in [2.75, 3.05) is 32.2 Å². The molecule has 3 N–H and O–H groups in total. The van der Waals surface area contributed by atoms with E-state index in [-0.39, 0.29) is 23.7 Å². The summed E-state index contributed by atoms with van der Waals surface area (Å²) in [6, 6.07) is -3.18. The number of ether oxygens (including phenoxy) is 2. The average Bonchev–Trinajstić information content (AvgIpc) is 3.49. The Morgan fingerprint density at radius 1 is 1.21 bits per heavy atom. The van der Waals surface area contributed by atoms with Crippen molar-refractivity contribution in [2.24, 2.45) is 0 Å². The zero-order valence-electron chi connectivity index (χ0n) is 22.7. The molecular formula is C24H28F6N6O6. The van der Waals surface area contributed by atoms with Crippen LogP contribution in [0.4, 0.5) is 37.0 Å². The van der Waals surface area contributed by atoms with Crippen molar-refractivity contribution in [1.82, 2.24) is 25.7 Å². The second-order valence-corrected chi connectivity index (χ2v) is 9.82. The Morgan fingerprint density at radius 2 is 1.90 bits per heavy atom. The number of alkyl halides is 6. The molecule has 0 spiro atoms. The van der Waals surface area contributed by atoms with Gasteiger partial charge in [0.05, 0.1) is 25.8 Å². The van der Waals surface area contributed by atoms with Crippen molar-refractivity contribution in [3.8, 4) is 0 Å². The van der Waals surface area contributed by atoms with Gasteiger partial charge in [0.2, 0.25) is 0 Å². The molecule has 1 saturated heterocycles. The van der Waals surface area contributed by atoms with Crippen LogP contribution in [0.15, 0.2) is 29.1 Å². The normalized spacial score (nSPS) is 17.5. The number of halogens is 6. The SMILES string of the molecule is COC[C@H](c1ccnc(NC(=O)[C@H](COC(C)(C)C(F)(F)F)NC(=O)c2nocc2C)c1)N1C[C@@H](C(F)(F)F)NC1=O. The van der Waals surface area contributed by atoms with Crippen LogP contribution >= 0.6 is 0 Å². The monoisotopic (exact) mass is 610 g/mol. The number of aryl methyl sites for hydroxylation is 1. The summed E-state index contributed by atoms with van der Waals surface area (Å²) in [6.45, 7) is 1.12. The van der Waals surface area contributed by atoms with Crippen LogP contribution in [0.5, 0.6) is 0 Å². The van der Waals surface area contributed by atoms with Crippen molar-refractivity contribution in [3.05, 3.63) is 41.4 Å². The number of hydrogen-bond donors (Lipinski definition) is 3. The number of rotatable bonds is 11. The number of anilines is 1. The lowest BCUT2D eigenvalue weighted by atomic mass is 10.1. The van der Waals surface area contributed by atoms with Gasteiger partial charge in [0, 0.05) is 18.9 Å². The molecule has 4 amide bonds. The van der Waals surface area contributed by atoms with Crippen LogP contribution in [0.2, 0.25) is 0 Å². The van der Waals surface area contributed by atoms with Gasteiger partial charge < -0.3 is 34.8 Å². The maximum absolute atomic E-state index is 13.3. The summed E-state index contributed by atoms with van der Waals surface area (Å²) < 4.78 is 94.4. The number of carbonyl (C=O) groups excluding carboxylic acids is 3. The molecule has 0 aromatic carbocycles.